The van der Waals surface area contributed by atoms with E-state index < -0.39 is 0 Å². The maximum absolute atomic E-state index is 6.51. The van der Waals surface area contributed by atoms with Gasteiger partial charge in [-0.15, -0.1) is 0 Å². The average Bonchev–Trinajstić information content (AvgIpc) is 2.70. The monoisotopic (exact) mass is 417 g/mol. The maximum Gasteiger partial charge on any atom is 0.180 e. The Balaban J connectivity index is 1.69. The van der Waals surface area contributed by atoms with Crippen molar-refractivity contribution in [3.05, 3.63) is 87.7 Å². The van der Waals surface area contributed by atoms with Gasteiger partial charge in [0.2, 0.25) is 0 Å². The average molecular weight is 418 g/mol. The number of ether oxygens (including phenoxy) is 2. The number of aromatic nitrogens is 1. The molecule has 0 atom stereocenters. The summed E-state index contributed by atoms with van der Waals surface area (Å²) in [5.74, 6) is 1.19. The molecule has 0 amide bonds. The normalized spacial score (nSPS) is 10.7. The van der Waals surface area contributed by atoms with Crippen LogP contribution in [0, 0.1) is 0 Å². The molecule has 2 N–H and O–H groups in total. The van der Waals surface area contributed by atoms with Gasteiger partial charge in [0.25, 0.3) is 0 Å². The molecule has 0 spiro atoms. The SMILES string of the molecule is CCOc1cc(C[NH2+]Cc2ccncc2)cc(Cl)c1OCc1ccccc1Cl. The van der Waals surface area contributed by atoms with Crippen LogP contribution in [0.1, 0.15) is 23.6 Å². The fourth-order valence-corrected chi connectivity index (χ4v) is 3.31. The molecule has 1 aromatic heterocycles. The second kappa shape index (κ2) is 10.3. The molecule has 0 radical (unpaired) electrons. The van der Waals surface area contributed by atoms with E-state index in [0.717, 1.165) is 24.2 Å². The largest absolute Gasteiger partial charge is 0.490 e. The fourth-order valence-electron chi connectivity index (χ4n) is 2.83. The van der Waals surface area contributed by atoms with E-state index in [-0.39, 0.29) is 0 Å². The first kappa shape index (κ1) is 20.5. The molecule has 0 fully saturated rings. The van der Waals surface area contributed by atoms with E-state index in [1.165, 1.54) is 5.56 Å². The van der Waals surface area contributed by atoms with E-state index in [0.29, 0.717) is 34.8 Å². The molecule has 0 bridgehead atoms. The minimum Gasteiger partial charge on any atom is -0.490 e. The molecule has 0 unspecified atom stereocenters. The van der Waals surface area contributed by atoms with E-state index in [9.17, 15) is 0 Å². The van der Waals surface area contributed by atoms with Gasteiger partial charge in [-0.2, -0.15) is 0 Å². The Morgan fingerprint density at radius 2 is 1.64 bits per heavy atom. The lowest BCUT2D eigenvalue weighted by Crippen LogP contribution is -2.80. The highest BCUT2D eigenvalue weighted by atomic mass is 35.5. The third-order valence-electron chi connectivity index (χ3n) is 4.21. The fraction of sp³-hybridized carbons (Fsp3) is 0.227. The van der Waals surface area contributed by atoms with Gasteiger partial charge in [-0.25, -0.2) is 0 Å². The van der Waals surface area contributed by atoms with Crippen molar-refractivity contribution in [2.24, 2.45) is 0 Å². The molecule has 4 nitrogen and oxygen atoms in total. The van der Waals surface area contributed by atoms with Gasteiger partial charge in [-0.1, -0.05) is 41.4 Å². The van der Waals surface area contributed by atoms with Crippen LogP contribution in [-0.2, 0) is 19.7 Å². The molecule has 0 saturated heterocycles. The number of benzene rings is 2. The zero-order chi connectivity index (χ0) is 19.8. The van der Waals surface area contributed by atoms with Crippen molar-refractivity contribution >= 4 is 23.2 Å². The summed E-state index contributed by atoms with van der Waals surface area (Å²) >= 11 is 12.7. The Bertz CT molecular complexity index is 904. The van der Waals surface area contributed by atoms with E-state index >= 15 is 0 Å². The third-order valence-corrected chi connectivity index (χ3v) is 4.86. The van der Waals surface area contributed by atoms with Crippen molar-refractivity contribution in [2.75, 3.05) is 6.61 Å². The maximum atomic E-state index is 6.51. The van der Waals surface area contributed by atoms with Gasteiger partial charge >= 0.3 is 0 Å². The summed E-state index contributed by atoms with van der Waals surface area (Å²) in [6.45, 7) is 4.45. The summed E-state index contributed by atoms with van der Waals surface area (Å²) in [4.78, 5) is 4.04. The molecule has 0 aliphatic heterocycles. The van der Waals surface area contributed by atoms with Crippen LogP contribution in [0.3, 0.4) is 0 Å². The van der Waals surface area contributed by atoms with Crippen molar-refractivity contribution in [3.63, 3.8) is 0 Å². The number of nitrogens with zero attached hydrogens (tertiary/aromatic N) is 1. The zero-order valence-electron chi connectivity index (χ0n) is 15.7. The molecule has 146 valence electrons. The summed E-state index contributed by atoms with van der Waals surface area (Å²) in [6.07, 6.45) is 3.61. The number of rotatable bonds is 9. The molecule has 28 heavy (non-hydrogen) atoms. The minimum absolute atomic E-state index is 0.326. The molecule has 3 rings (SSSR count). The number of quaternary nitrogens is 1. The van der Waals surface area contributed by atoms with Crippen LogP contribution in [0.15, 0.2) is 60.9 Å². The second-order valence-electron chi connectivity index (χ2n) is 6.27. The van der Waals surface area contributed by atoms with Gasteiger partial charge in [0.15, 0.2) is 11.5 Å². The van der Waals surface area contributed by atoms with Crippen LogP contribution in [0.5, 0.6) is 11.5 Å². The molecule has 2 aromatic carbocycles. The van der Waals surface area contributed by atoms with Gasteiger partial charge in [0.05, 0.1) is 11.6 Å². The Morgan fingerprint density at radius 3 is 2.39 bits per heavy atom. The molecule has 3 aromatic rings. The summed E-state index contributed by atoms with van der Waals surface area (Å²) in [6, 6.07) is 15.5. The molecule has 0 saturated carbocycles. The summed E-state index contributed by atoms with van der Waals surface area (Å²) in [5.41, 5.74) is 3.20. The zero-order valence-corrected chi connectivity index (χ0v) is 17.2. The number of hydrogen-bond acceptors (Lipinski definition) is 3. The first-order valence-electron chi connectivity index (χ1n) is 9.19. The minimum atomic E-state index is 0.326. The van der Waals surface area contributed by atoms with E-state index in [2.05, 4.69) is 10.3 Å². The highest BCUT2D eigenvalue weighted by Crippen LogP contribution is 2.37. The lowest BCUT2D eigenvalue weighted by atomic mass is 10.2. The van der Waals surface area contributed by atoms with Crippen LogP contribution >= 0.6 is 23.2 Å². The van der Waals surface area contributed by atoms with E-state index in [4.69, 9.17) is 32.7 Å². The van der Waals surface area contributed by atoms with Crippen molar-refractivity contribution < 1.29 is 14.8 Å². The summed E-state index contributed by atoms with van der Waals surface area (Å²) in [5, 5.41) is 3.41. The Morgan fingerprint density at radius 1 is 0.893 bits per heavy atom. The molecule has 0 aliphatic rings. The van der Waals surface area contributed by atoms with Crippen molar-refractivity contribution in [2.45, 2.75) is 26.6 Å². The topological polar surface area (TPSA) is 48.0 Å². The lowest BCUT2D eigenvalue weighted by Gasteiger charge is -2.15. The van der Waals surface area contributed by atoms with Crippen molar-refractivity contribution in [1.82, 2.24) is 4.98 Å². The first-order valence-corrected chi connectivity index (χ1v) is 9.95. The molecule has 0 aliphatic carbocycles. The predicted octanol–water partition coefficient (Wildman–Crippen LogP) is 4.63. The number of hydrogen-bond donors (Lipinski definition) is 1. The van der Waals surface area contributed by atoms with E-state index in [1.54, 1.807) is 12.4 Å². The van der Waals surface area contributed by atoms with Gasteiger partial charge in [-0.3, -0.25) is 4.98 Å². The van der Waals surface area contributed by atoms with Gasteiger partial charge in [0.1, 0.15) is 19.7 Å². The smallest absolute Gasteiger partial charge is 0.180 e. The first-order chi connectivity index (χ1) is 13.7. The van der Waals surface area contributed by atoms with Gasteiger partial charge < -0.3 is 14.8 Å². The number of halogens is 2. The number of nitrogens with two attached hydrogens (primary N) is 1. The Kier molecular flexibility index (Phi) is 7.54. The predicted molar refractivity (Wildman–Crippen MR) is 112 cm³/mol. The van der Waals surface area contributed by atoms with Crippen molar-refractivity contribution in [1.29, 1.82) is 0 Å². The lowest BCUT2D eigenvalue weighted by molar-refractivity contribution is -0.686. The highest BCUT2D eigenvalue weighted by Gasteiger charge is 2.14. The van der Waals surface area contributed by atoms with E-state index in [1.807, 2.05) is 55.5 Å². The molecule has 1 heterocycles. The third kappa shape index (κ3) is 5.61. The summed E-state index contributed by atoms with van der Waals surface area (Å²) in [7, 11) is 0. The quantitative estimate of drug-likeness (QED) is 0.551. The number of pyridine rings is 1. The molecular weight excluding hydrogens is 395 g/mol. The van der Waals surface area contributed by atoms with Crippen LogP contribution < -0.4 is 14.8 Å². The van der Waals surface area contributed by atoms with Crippen LogP contribution in [0.2, 0.25) is 10.0 Å². The van der Waals surface area contributed by atoms with Crippen LogP contribution in [0.25, 0.3) is 0 Å². The molecule has 6 heteroatoms. The molecular formula is C22H23Cl2N2O2+. The highest BCUT2D eigenvalue weighted by molar-refractivity contribution is 6.32. The van der Waals surface area contributed by atoms with Gasteiger partial charge in [-0.05, 0) is 37.3 Å². The van der Waals surface area contributed by atoms with Crippen molar-refractivity contribution in [3.8, 4) is 11.5 Å². The Labute approximate surface area is 175 Å². The Hall–Kier alpha value is -2.27. The van der Waals surface area contributed by atoms with Gasteiger partial charge in [0, 0.05) is 34.1 Å². The van der Waals surface area contributed by atoms with Crippen LogP contribution in [0.4, 0.5) is 0 Å². The second-order valence-corrected chi connectivity index (χ2v) is 7.08. The summed E-state index contributed by atoms with van der Waals surface area (Å²) < 4.78 is 11.7. The van der Waals surface area contributed by atoms with Crippen LogP contribution in [-0.4, -0.2) is 11.6 Å². The standard InChI is InChI=1S/C22H22Cl2N2O2/c1-2-27-21-12-17(14-26-13-16-7-9-25-10-8-16)11-20(24)22(21)28-15-18-5-3-4-6-19(18)23/h3-12,26H,2,13-15H2,1H3/p+1.